The molecule has 0 atom stereocenters. The van der Waals surface area contributed by atoms with E-state index in [1.165, 1.54) is 20.3 Å². The van der Waals surface area contributed by atoms with E-state index in [2.05, 4.69) is 5.32 Å². The lowest BCUT2D eigenvalue weighted by molar-refractivity contribution is -0.119. The van der Waals surface area contributed by atoms with Crippen LogP contribution in [0.3, 0.4) is 0 Å². The topological polar surface area (TPSA) is 102 Å². The monoisotopic (exact) mass is 495 g/mol. The normalized spacial score (nSPS) is 10.2. The Bertz CT molecular complexity index is 1150. The summed E-state index contributed by atoms with van der Waals surface area (Å²) in [7, 11) is 3.01. The molecule has 0 radical (unpaired) electrons. The lowest BCUT2D eigenvalue weighted by atomic mass is 10.2. The van der Waals surface area contributed by atoms with Crippen LogP contribution in [0.5, 0.6) is 28.7 Å². The van der Waals surface area contributed by atoms with Gasteiger partial charge in [0.15, 0.2) is 18.1 Å². The molecule has 0 aliphatic carbocycles. The van der Waals surface area contributed by atoms with Crippen LogP contribution in [0, 0.1) is 0 Å². The zero-order chi connectivity index (χ0) is 25.8. The van der Waals surface area contributed by atoms with E-state index in [1.54, 1.807) is 30.3 Å². The second-order valence-electron chi connectivity index (χ2n) is 7.30. The standard InChI is InChI=1S/C27H29NO8/c1-4-33-25-16-19(10-13-23(25)35-15-14-34-20-8-6-5-7-9-20)27(30)36-18-26(29)28-22-12-11-21(31-2)17-24(22)32-3/h5-13,16-17H,4,14-15,18H2,1-3H3,(H,28,29). The van der Waals surface area contributed by atoms with Crippen molar-refractivity contribution < 1.29 is 38.0 Å². The highest BCUT2D eigenvalue weighted by molar-refractivity contribution is 5.96. The average molecular weight is 496 g/mol. The second-order valence-corrected chi connectivity index (χ2v) is 7.30. The van der Waals surface area contributed by atoms with Gasteiger partial charge < -0.3 is 33.7 Å². The quantitative estimate of drug-likeness (QED) is 0.276. The fraction of sp³-hybridized carbons (Fsp3) is 0.259. The van der Waals surface area contributed by atoms with Crippen LogP contribution in [0.2, 0.25) is 0 Å². The highest BCUT2D eigenvalue weighted by Gasteiger charge is 2.16. The van der Waals surface area contributed by atoms with Crippen molar-refractivity contribution in [1.82, 2.24) is 0 Å². The largest absolute Gasteiger partial charge is 0.497 e. The smallest absolute Gasteiger partial charge is 0.338 e. The van der Waals surface area contributed by atoms with Gasteiger partial charge in [-0.15, -0.1) is 0 Å². The lowest BCUT2D eigenvalue weighted by Crippen LogP contribution is -2.21. The van der Waals surface area contributed by atoms with Crippen LogP contribution in [-0.2, 0) is 9.53 Å². The zero-order valence-electron chi connectivity index (χ0n) is 20.4. The molecule has 3 aromatic rings. The summed E-state index contributed by atoms with van der Waals surface area (Å²) < 4.78 is 32.6. The van der Waals surface area contributed by atoms with Gasteiger partial charge in [0.05, 0.1) is 32.1 Å². The minimum absolute atomic E-state index is 0.223. The maximum Gasteiger partial charge on any atom is 0.338 e. The van der Waals surface area contributed by atoms with Crippen molar-refractivity contribution in [2.75, 3.05) is 46.0 Å². The fourth-order valence-corrected chi connectivity index (χ4v) is 3.15. The van der Waals surface area contributed by atoms with Gasteiger partial charge >= 0.3 is 5.97 Å². The maximum atomic E-state index is 12.5. The van der Waals surface area contributed by atoms with Crippen molar-refractivity contribution in [3.05, 3.63) is 72.3 Å². The van der Waals surface area contributed by atoms with Crippen molar-refractivity contribution in [3.8, 4) is 28.7 Å². The van der Waals surface area contributed by atoms with Crippen molar-refractivity contribution >= 4 is 17.6 Å². The number of hydrogen-bond donors (Lipinski definition) is 1. The van der Waals surface area contributed by atoms with Crippen molar-refractivity contribution in [3.63, 3.8) is 0 Å². The SMILES string of the molecule is CCOc1cc(C(=O)OCC(=O)Nc2ccc(OC)cc2OC)ccc1OCCOc1ccccc1. The summed E-state index contributed by atoms with van der Waals surface area (Å²) in [5.41, 5.74) is 0.650. The van der Waals surface area contributed by atoms with Crippen LogP contribution in [0.15, 0.2) is 66.7 Å². The summed E-state index contributed by atoms with van der Waals surface area (Å²) in [5, 5.41) is 2.65. The number of carbonyl (C=O) groups excluding carboxylic acids is 2. The molecule has 0 saturated carbocycles. The molecule has 190 valence electrons. The molecule has 1 N–H and O–H groups in total. The van der Waals surface area contributed by atoms with Gasteiger partial charge in [0.2, 0.25) is 0 Å². The number of hydrogen-bond acceptors (Lipinski definition) is 8. The van der Waals surface area contributed by atoms with E-state index in [0.29, 0.717) is 41.9 Å². The van der Waals surface area contributed by atoms with Crippen LogP contribution in [0.4, 0.5) is 5.69 Å². The maximum absolute atomic E-state index is 12.5. The first-order valence-corrected chi connectivity index (χ1v) is 11.3. The van der Waals surface area contributed by atoms with E-state index >= 15 is 0 Å². The number of amides is 1. The van der Waals surface area contributed by atoms with Gasteiger partial charge in [0.1, 0.15) is 30.5 Å². The number of anilines is 1. The highest BCUT2D eigenvalue weighted by atomic mass is 16.5. The molecule has 0 bridgehead atoms. The Morgan fingerprint density at radius 1 is 0.750 bits per heavy atom. The number of esters is 1. The number of methoxy groups -OCH3 is 2. The van der Waals surface area contributed by atoms with Crippen LogP contribution < -0.4 is 29.0 Å². The van der Waals surface area contributed by atoms with E-state index in [4.69, 9.17) is 28.4 Å². The predicted molar refractivity (Wildman–Crippen MR) is 134 cm³/mol. The summed E-state index contributed by atoms with van der Waals surface area (Å²) in [6.45, 7) is 2.35. The third-order valence-electron chi connectivity index (χ3n) is 4.85. The number of ether oxygens (including phenoxy) is 6. The number of carbonyl (C=O) groups is 2. The van der Waals surface area contributed by atoms with Gasteiger partial charge in [-0.25, -0.2) is 4.79 Å². The first kappa shape index (κ1) is 26.2. The van der Waals surface area contributed by atoms with E-state index in [0.717, 1.165) is 5.75 Å². The summed E-state index contributed by atoms with van der Waals surface area (Å²) in [5.74, 6) is 1.41. The van der Waals surface area contributed by atoms with E-state index in [9.17, 15) is 9.59 Å². The van der Waals surface area contributed by atoms with Gasteiger partial charge in [0, 0.05) is 6.07 Å². The molecule has 0 unspecified atom stereocenters. The van der Waals surface area contributed by atoms with E-state index < -0.39 is 18.5 Å². The summed E-state index contributed by atoms with van der Waals surface area (Å²) >= 11 is 0. The lowest BCUT2D eigenvalue weighted by Gasteiger charge is -2.14. The minimum Gasteiger partial charge on any atom is -0.497 e. The number of benzene rings is 3. The predicted octanol–water partition coefficient (Wildman–Crippen LogP) is 4.36. The first-order chi connectivity index (χ1) is 17.5. The molecule has 0 aliphatic heterocycles. The molecular formula is C27H29NO8. The van der Waals surface area contributed by atoms with E-state index in [1.807, 2.05) is 37.3 Å². The number of nitrogens with one attached hydrogen (secondary N) is 1. The van der Waals surface area contributed by atoms with Crippen LogP contribution in [0.25, 0.3) is 0 Å². The van der Waals surface area contributed by atoms with E-state index in [-0.39, 0.29) is 12.2 Å². The summed E-state index contributed by atoms with van der Waals surface area (Å²) in [6.07, 6.45) is 0. The fourth-order valence-electron chi connectivity index (χ4n) is 3.15. The van der Waals surface area contributed by atoms with Crippen molar-refractivity contribution in [2.24, 2.45) is 0 Å². The molecule has 3 rings (SSSR count). The van der Waals surface area contributed by atoms with Crippen molar-refractivity contribution in [2.45, 2.75) is 6.92 Å². The number of rotatable bonds is 13. The molecule has 0 fully saturated rings. The number of para-hydroxylation sites is 1. The van der Waals surface area contributed by atoms with Gasteiger partial charge in [0.25, 0.3) is 5.91 Å². The van der Waals surface area contributed by atoms with Crippen LogP contribution in [0.1, 0.15) is 17.3 Å². The molecule has 0 heterocycles. The average Bonchev–Trinajstić information content (AvgIpc) is 2.91. The Balaban J connectivity index is 1.54. The summed E-state index contributed by atoms with van der Waals surface area (Å²) in [4.78, 5) is 24.8. The van der Waals surface area contributed by atoms with Crippen LogP contribution in [-0.4, -0.2) is 52.5 Å². The zero-order valence-corrected chi connectivity index (χ0v) is 20.4. The van der Waals surface area contributed by atoms with Gasteiger partial charge in [-0.3, -0.25) is 4.79 Å². The van der Waals surface area contributed by atoms with Crippen molar-refractivity contribution in [1.29, 1.82) is 0 Å². The third-order valence-corrected chi connectivity index (χ3v) is 4.85. The molecule has 0 saturated heterocycles. The second kappa shape index (κ2) is 13.5. The van der Waals surface area contributed by atoms with Gasteiger partial charge in [-0.1, -0.05) is 18.2 Å². The Morgan fingerprint density at radius 2 is 1.53 bits per heavy atom. The molecule has 0 aromatic heterocycles. The molecule has 0 spiro atoms. The van der Waals surface area contributed by atoms with Crippen LogP contribution >= 0.6 is 0 Å². The molecule has 1 amide bonds. The van der Waals surface area contributed by atoms with Gasteiger partial charge in [-0.2, -0.15) is 0 Å². The summed E-state index contributed by atoms with van der Waals surface area (Å²) in [6, 6.07) is 19.0. The Hall–Kier alpha value is -4.40. The third kappa shape index (κ3) is 7.56. The minimum atomic E-state index is -0.674. The first-order valence-electron chi connectivity index (χ1n) is 11.3. The molecular weight excluding hydrogens is 466 g/mol. The Kier molecular flexibility index (Phi) is 9.81. The Morgan fingerprint density at radius 3 is 2.25 bits per heavy atom. The van der Waals surface area contributed by atoms with Gasteiger partial charge in [-0.05, 0) is 49.4 Å². The highest BCUT2D eigenvalue weighted by Crippen LogP contribution is 2.30. The molecule has 9 heteroatoms. The molecule has 3 aromatic carbocycles. The molecule has 0 aliphatic rings. The molecule has 36 heavy (non-hydrogen) atoms. The molecule has 9 nitrogen and oxygen atoms in total. The Labute approximate surface area is 209 Å².